The number of likely N-dealkylation sites (tertiary alicyclic amines) is 1. The van der Waals surface area contributed by atoms with Crippen molar-refractivity contribution in [2.24, 2.45) is 11.8 Å². The highest BCUT2D eigenvalue weighted by Crippen LogP contribution is 2.16. The highest BCUT2D eigenvalue weighted by molar-refractivity contribution is 5.74. The molecule has 4 heteroatoms. The Kier molecular flexibility index (Phi) is 6.10. The van der Waals surface area contributed by atoms with Crippen LogP contribution >= 0.6 is 0 Å². The molecule has 2 rings (SSSR count). The van der Waals surface area contributed by atoms with E-state index in [0.717, 1.165) is 37.4 Å². The zero-order chi connectivity index (χ0) is 15.9. The summed E-state index contributed by atoms with van der Waals surface area (Å²) in [4.78, 5) is 14.1. The average molecular weight is 304 g/mol. The maximum Gasteiger partial charge on any atom is 0.317 e. The van der Waals surface area contributed by atoms with E-state index < -0.39 is 0 Å². The summed E-state index contributed by atoms with van der Waals surface area (Å²) in [6.45, 7) is 9.50. The summed E-state index contributed by atoms with van der Waals surface area (Å²) in [5.41, 5.74) is 1.09. The number of ether oxygens (including phenoxy) is 1. The average Bonchev–Trinajstić information content (AvgIpc) is 2.51. The molecule has 1 N–H and O–H groups in total. The van der Waals surface area contributed by atoms with Gasteiger partial charge in [-0.25, -0.2) is 4.79 Å². The number of nitrogens with zero attached hydrogens (tertiary/aromatic N) is 1. The molecule has 0 saturated carbocycles. The number of carbonyl (C=O) groups is 1. The van der Waals surface area contributed by atoms with Crippen LogP contribution in [0.2, 0.25) is 0 Å². The van der Waals surface area contributed by atoms with E-state index in [-0.39, 0.29) is 6.03 Å². The first kappa shape index (κ1) is 16.7. The third-order valence-electron chi connectivity index (χ3n) is 3.89. The maximum absolute atomic E-state index is 12.2. The Bertz CT molecular complexity index is 470. The van der Waals surface area contributed by atoms with Gasteiger partial charge >= 0.3 is 6.03 Å². The van der Waals surface area contributed by atoms with E-state index >= 15 is 0 Å². The summed E-state index contributed by atoms with van der Waals surface area (Å²) in [6.07, 6.45) is 2.33. The second kappa shape index (κ2) is 8.06. The molecule has 0 spiro atoms. The number of piperidine rings is 1. The molecule has 2 amide bonds. The van der Waals surface area contributed by atoms with Gasteiger partial charge in [0.2, 0.25) is 0 Å². The Balaban J connectivity index is 1.77. The minimum atomic E-state index is 0.0479. The molecule has 1 saturated heterocycles. The van der Waals surface area contributed by atoms with Gasteiger partial charge in [-0.15, -0.1) is 0 Å². The highest BCUT2D eigenvalue weighted by atomic mass is 16.5. The zero-order valence-corrected chi connectivity index (χ0v) is 14.0. The number of hydrogen-bond donors (Lipinski definition) is 1. The fourth-order valence-electron chi connectivity index (χ4n) is 2.63. The predicted octanol–water partition coefficient (Wildman–Crippen LogP) is 3.66. The summed E-state index contributed by atoms with van der Waals surface area (Å²) in [5.74, 6) is 2.01. The first-order valence-corrected chi connectivity index (χ1v) is 8.29. The molecule has 1 fully saturated rings. The summed E-state index contributed by atoms with van der Waals surface area (Å²) in [7, 11) is 0. The molecule has 1 aromatic carbocycles. The van der Waals surface area contributed by atoms with Crippen LogP contribution in [0.3, 0.4) is 0 Å². The predicted molar refractivity (Wildman–Crippen MR) is 89.0 cm³/mol. The Morgan fingerprint density at radius 1 is 1.36 bits per heavy atom. The van der Waals surface area contributed by atoms with Crippen LogP contribution in [-0.4, -0.2) is 30.6 Å². The fraction of sp³-hybridized carbons (Fsp3) is 0.611. The summed E-state index contributed by atoms with van der Waals surface area (Å²) in [6, 6.07) is 8.00. The van der Waals surface area contributed by atoms with Crippen molar-refractivity contribution in [3.63, 3.8) is 0 Å². The highest BCUT2D eigenvalue weighted by Gasteiger charge is 2.20. The van der Waals surface area contributed by atoms with E-state index in [1.165, 1.54) is 6.42 Å². The number of benzene rings is 1. The van der Waals surface area contributed by atoms with Crippen molar-refractivity contribution in [2.75, 3.05) is 19.7 Å². The molecule has 0 aromatic heterocycles. The number of urea groups is 1. The van der Waals surface area contributed by atoms with Crippen molar-refractivity contribution >= 4 is 6.03 Å². The van der Waals surface area contributed by atoms with E-state index in [1.54, 1.807) is 0 Å². The van der Waals surface area contributed by atoms with Gasteiger partial charge in [-0.05, 0) is 42.4 Å². The van der Waals surface area contributed by atoms with Gasteiger partial charge in [0, 0.05) is 19.6 Å². The fourth-order valence-corrected chi connectivity index (χ4v) is 2.63. The van der Waals surface area contributed by atoms with Gasteiger partial charge in [0.05, 0.1) is 6.61 Å². The lowest BCUT2D eigenvalue weighted by atomic mass is 10.0. The molecule has 1 unspecified atom stereocenters. The molecule has 1 aliphatic rings. The quantitative estimate of drug-likeness (QED) is 0.902. The second-order valence-corrected chi connectivity index (χ2v) is 6.70. The number of rotatable bonds is 5. The number of nitrogens with one attached hydrogen (secondary N) is 1. The Morgan fingerprint density at radius 3 is 2.73 bits per heavy atom. The molecule has 1 aliphatic heterocycles. The van der Waals surface area contributed by atoms with Crippen molar-refractivity contribution in [1.82, 2.24) is 10.2 Å². The van der Waals surface area contributed by atoms with Crippen molar-refractivity contribution in [2.45, 2.75) is 40.2 Å². The van der Waals surface area contributed by atoms with Crippen LogP contribution in [0.25, 0.3) is 0 Å². The van der Waals surface area contributed by atoms with Gasteiger partial charge in [0.25, 0.3) is 0 Å². The third kappa shape index (κ3) is 5.24. The molecule has 1 aromatic rings. The first-order valence-electron chi connectivity index (χ1n) is 8.29. The van der Waals surface area contributed by atoms with Crippen LogP contribution in [0.4, 0.5) is 4.79 Å². The molecule has 0 bridgehead atoms. The van der Waals surface area contributed by atoms with Crippen LogP contribution in [0.1, 0.15) is 39.2 Å². The lowest BCUT2D eigenvalue weighted by Gasteiger charge is -2.30. The van der Waals surface area contributed by atoms with E-state index in [0.29, 0.717) is 18.4 Å². The molecule has 0 radical (unpaired) electrons. The van der Waals surface area contributed by atoms with Crippen molar-refractivity contribution in [3.8, 4) is 5.75 Å². The van der Waals surface area contributed by atoms with E-state index in [4.69, 9.17) is 4.74 Å². The first-order chi connectivity index (χ1) is 10.5. The molecule has 122 valence electrons. The van der Waals surface area contributed by atoms with E-state index in [2.05, 4.69) is 26.1 Å². The molecule has 22 heavy (non-hydrogen) atoms. The normalized spacial score (nSPS) is 18.4. The van der Waals surface area contributed by atoms with Crippen molar-refractivity contribution in [1.29, 1.82) is 0 Å². The van der Waals surface area contributed by atoms with Gasteiger partial charge in [-0.2, -0.15) is 0 Å². The molecular weight excluding hydrogens is 276 g/mol. The topological polar surface area (TPSA) is 41.6 Å². The number of carbonyl (C=O) groups excluding carboxylic acids is 1. The van der Waals surface area contributed by atoms with Gasteiger partial charge in [-0.3, -0.25) is 0 Å². The number of amides is 2. The maximum atomic E-state index is 12.2. The minimum Gasteiger partial charge on any atom is -0.493 e. The molecular formula is C18H28N2O2. The standard InChI is InChI=1S/C18H28N2O2/c1-14(2)13-22-17-8-6-16(7-9-17)11-19-18(21)20-10-4-5-15(3)12-20/h6-9,14-15H,4-5,10-13H2,1-3H3,(H,19,21). The third-order valence-corrected chi connectivity index (χ3v) is 3.89. The monoisotopic (exact) mass is 304 g/mol. The Morgan fingerprint density at radius 2 is 2.09 bits per heavy atom. The SMILES string of the molecule is CC(C)COc1ccc(CNC(=O)N2CCCC(C)C2)cc1. The zero-order valence-electron chi connectivity index (χ0n) is 14.0. The summed E-state index contributed by atoms with van der Waals surface area (Å²) in [5, 5.41) is 3.01. The lowest BCUT2D eigenvalue weighted by molar-refractivity contribution is 0.169. The van der Waals surface area contributed by atoms with Crippen LogP contribution in [0.15, 0.2) is 24.3 Å². The minimum absolute atomic E-state index is 0.0479. The smallest absolute Gasteiger partial charge is 0.317 e. The Hall–Kier alpha value is -1.71. The van der Waals surface area contributed by atoms with Crippen LogP contribution in [0, 0.1) is 11.8 Å². The van der Waals surface area contributed by atoms with Crippen molar-refractivity contribution in [3.05, 3.63) is 29.8 Å². The molecule has 1 atom stereocenters. The van der Waals surface area contributed by atoms with E-state index in [1.807, 2.05) is 29.2 Å². The summed E-state index contributed by atoms with van der Waals surface area (Å²) < 4.78 is 5.66. The van der Waals surface area contributed by atoms with Crippen molar-refractivity contribution < 1.29 is 9.53 Å². The second-order valence-electron chi connectivity index (χ2n) is 6.70. The largest absolute Gasteiger partial charge is 0.493 e. The van der Waals surface area contributed by atoms with E-state index in [9.17, 15) is 4.79 Å². The molecule has 4 nitrogen and oxygen atoms in total. The van der Waals surface area contributed by atoms with Gasteiger partial charge < -0.3 is 15.0 Å². The molecule has 0 aliphatic carbocycles. The Labute approximate surface area is 133 Å². The summed E-state index contributed by atoms with van der Waals surface area (Å²) >= 11 is 0. The van der Waals surface area contributed by atoms with Gasteiger partial charge in [-0.1, -0.05) is 32.9 Å². The number of hydrogen-bond acceptors (Lipinski definition) is 2. The molecule has 1 heterocycles. The van der Waals surface area contributed by atoms with Crippen LogP contribution < -0.4 is 10.1 Å². The van der Waals surface area contributed by atoms with Crippen LogP contribution in [0.5, 0.6) is 5.75 Å². The van der Waals surface area contributed by atoms with Crippen LogP contribution in [-0.2, 0) is 6.54 Å². The lowest BCUT2D eigenvalue weighted by Crippen LogP contribution is -2.44. The van der Waals surface area contributed by atoms with Gasteiger partial charge in [0.15, 0.2) is 0 Å². The van der Waals surface area contributed by atoms with Gasteiger partial charge in [0.1, 0.15) is 5.75 Å².